The molecular formula is C24H29NO5. The molecule has 0 unspecified atom stereocenters. The topological polar surface area (TPSA) is 92.7 Å². The van der Waals surface area contributed by atoms with Gasteiger partial charge in [-0.1, -0.05) is 38.1 Å². The number of ketones is 1. The summed E-state index contributed by atoms with van der Waals surface area (Å²) in [7, 11) is 0. The SMILES string of the molecule is CC(C)(C)OC(=O)Nc1ccc2c(c1)C(=O)CCC2(C)C.O=C(O)c1ccccc1. The van der Waals surface area contributed by atoms with Gasteiger partial charge in [0, 0.05) is 17.7 Å². The van der Waals surface area contributed by atoms with Crippen LogP contribution in [0.4, 0.5) is 10.5 Å². The lowest BCUT2D eigenvalue weighted by Crippen LogP contribution is -2.29. The third-order valence-electron chi connectivity index (χ3n) is 4.69. The van der Waals surface area contributed by atoms with E-state index < -0.39 is 17.7 Å². The maximum absolute atomic E-state index is 12.1. The Labute approximate surface area is 177 Å². The second-order valence-electron chi connectivity index (χ2n) is 8.87. The Kier molecular flexibility index (Phi) is 7.03. The van der Waals surface area contributed by atoms with E-state index in [0.29, 0.717) is 23.2 Å². The van der Waals surface area contributed by atoms with Gasteiger partial charge in [-0.3, -0.25) is 10.1 Å². The number of ether oxygens (including phenoxy) is 1. The molecule has 6 nitrogen and oxygen atoms in total. The third kappa shape index (κ3) is 6.44. The largest absolute Gasteiger partial charge is 0.478 e. The second kappa shape index (κ2) is 9.11. The van der Waals surface area contributed by atoms with Gasteiger partial charge in [0.25, 0.3) is 0 Å². The van der Waals surface area contributed by atoms with E-state index in [0.717, 1.165) is 12.0 Å². The number of hydrogen-bond donors (Lipinski definition) is 2. The molecule has 1 aliphatic rings. The third-order valence-corrected chi connectivity index (χ3v) is 4.69. The van der Waals surface area contributed by atoms with Crippen LogP contribution in [0, 0.1) is 0 Å². The summed E-state index contributed by atoms with van der Waals surface area (Å²) in [4.78, 5) is 34.1. The summed E-state index contributed by atoms with van der Waals surface area (Å²) >= 11 is 0. The summed E-state index contributed by atoms with van der Waals surface area (Å²) in [5.41, 5.74) is 2.13. The predicted molar refractivity (Wildman–Crippen MR) is 116 cm³/mol. The summed E-state index contributed by atoms with van der Waals surface area (Å²) in [6.07, 6.45) is 0.901. The zero-order valence-corrected chi connectivity index (χ0v) is 18.1. The molecule has 0 atom stereocenters. The number of amides is 1. The number of carbonyl (C=O) groups excluding carboxylic acids is 2. The lowest BCUT2D eigenvalue weighted by Gasteiger charge is -2.32. The minimum atomic E-state index is -0.879. The molecule has 0 saturated heterocycles. The van der Waals surface area contributed by atoms with Crippen LogP contribution < -0.4 is 5.32 Å². The highest BCUT2D eigenvalue weighted by molar-refractivity contribution is 6.00. The molecule has 0 saturated carbocycles. The van der Waals surface area contributed by atoms with Crippen LogP contribution in [0.5, 0.6) is 0 Å². The number of carbonyl (C=O) groups is 3. The van der Waals surface area contributed by atoms with Gasteiger partial charge in [-0.2, -0.15) is 0 Å². The number of carboxylic acid groups (broad SMARTS) is 1. The lowest BCUT2D eigenvalue weighted by atomic mass is 9.72. The van der Waals surface area contributed by atoms with Gasteiger partial charge in [0.15, 0.2) is 5.78 Å². The average molecular weight is 411 g/mol. The van der Waals surface area contributed by atoms with Crippen LogP contribution in [-0.4, -0.2) is 28.6 Å². The molecule has 2 aromatic rings. The standard InChI is InChI=1S/C17H23NO3.C7H6O2/c1-16(2,3)21-15(20)18-11-6-7-13-12(10-11)14(19)8-9-17(13,4)5;8-7(9)6-4-2-1-3-5-6/h6-7,10H,8-9H2,1-5H3,(H,18,20);1-5H,(H,8,9). The molecule has 0 aromatic heterocycles. The molecule has 1 aliphatic carbocycles. The van der Waals surface area contributed by atoms with Crippen molar-refractivity contribution in [3.8, 4) is 0 Å². The van der Waals surface area contributed by atoms with Crippen molar-refractivity contribution >= 4 is 23.5 Å². The van der Waals surface area contributed by atoms with E-state index in [9.17, 15) is 14.4 Å². The summed E-state index contributed by atoms with van der Waals surface area (Å²) < 4.78 is 5.22. The van der Waals surface area contributed by atoms with Crippen molar-refractivity contribution in [1.29, 1.82) is 0 Å². The van der Waals surface area contributed by atoms with E-state index >= 15 is 0 Å². The minimum Gasteiger partial charge on any atom is -0.478 e. The fourth-order valence-corrected chi connectivity index (χ4v) is 3.14. The van der Waals surface area contributed by atoms with Crippen molar-refractivity contribution in [2.24, 2.45) is 0 Å². The predicted octanol–water partition coefficient (Wildman–Crippen LogP) is 5.67. The Morgan fingerprint density at radius 2 is 1.70 bits per heavy atom. The first-order valence-electron chi connectivity index (χ1n) is 9.85. The maximum Gasteiger partial charge on any atom is 0.412 e. The van der Waals surface area contributed by atoms with Crippen molar-refractivity contribution in [3.05, 3.63) is 65.2 Å². The fourth-order valence-electron chi connectivity index (χ4n) is 3.14. The Morgan fingerprint density at radius 1 is 1.07 bits per heavy atom. The van der Waals surface area contributed by atoms with Crippen LogP contribution in [0.1, 0.15) is 73.7 Å². The normalized spacial score (nSPS) is 14.6. The average Bonchev–Trinajstić information content (AvgIpc) is 2.65. The van der Waals surface area contributed by atoms with E-state index in [1.165, 1.54) is 0 Å². The minimum absolute atomic E-state index is 0.00626. The molecule has 2 aromatic carbocycles. The Hall–Kier alpha value is -3.15. The monoisotopic (exact) mass is 411 g/mol. The van der Waals surface area contributed by atoms with Gasteiger partial charge in [0.1, 0.15) is 5.60 Å². The first-order chi connectivity index (χ1) is 13.9. The van der Waals surface area contributed by atoms with Crippen molar-refractivity contribution in [2.75, 3.05) is 5.32 Å². The highest BCUT2D eigenvalue weighted by Crippen LogP contribution is 2.37. The molecular weight excluding hydrogens is 382 g/mol. The van der Waals surface area contributed by atoms with Gasteiger partial charge in [0.05, 0.1) is 5.56 Å². The summed E-state index contributed by atoms with van der Waals surface area (Å²) in [6.45, 7) is 9.71. The molecule has 0 heterocycles. The quantitative estimate of drug-likeness (QED) is 0.664. The number of rotatable bonds is 2. The molecule has 30 heavy (non-hydrogen) atoms. The Morgan fingerprint density at radius 3 is 2.23 bits per heavy atom. The number of hydrogen-bond acceptors (Lipinski definition) is 4. The first kappa shape index (κ1) is 23.1. The van der Waals surface area contributed by atoms with Crippen molar-refractivity contribution < 1.29 is 24.2 Å². The summed E-state index contributed by atoms with van der Waals surface area (Å²) in [6, 6.07) is 13.8. The Balaban J connectivity index is 0.000000297. The molecule has 3 rings (SSSR count). The van der Waals surface area contributed by atoms with E-state index in [1.807, 2.05) is 32.9 Å². The number of benzene rings is 2. The molecule has 0 bridgehead atoms. The molecule has 1 amide bonds. The van der Waals surface area contributed by atoms with Crippen LogP contribution in [0.2, 0.25) is 0 Å². The van der Waals surface area contributed by atoms with E-state index in [2.05, 4.69) is 19.2 Å². The van der Waals surface area contributed by atoms with Crippen LogP contribution in [-0.2, 0) is 10.2 Å². The highest BCUT2D eigenvalue weighted by Gasteiger charge is 2.31. The molecule has 6 heteroatoms. The number of anilines is 1. The Bertz CT molecular complexity index is 926. The molecule has 0 aliphatic heterocycles. The van der Waals surface area contributed by atoms with Gasteiger partial charge in [-0.25, -0.2) is 9.59 Å². The second-order valence-corrected chi connectivity index (χ2v) is 8.87. The van der Waals surface area contributed by atoms with Crippen molar-refractivity contribution in [3.63, 3.8) is 0 Å². The van der Waals surface area contributed by atoms with Gasteiger partial charge in [-0.15, -0.1) is 0 Å². The number of fused-ring (bicyclic) bond motifs is 1. The van der Waals surface area contributed by atoms with E-state index in [1.54, 1.807) is 36.4 Å². The van der Waals surface area contributed by atoms with Gasteiger partial charge in [-0.05, 0) is 62.4 Å². The van der Waals surface area contributed by atoms with Crippen LogP contribution in [0.3, 0.4) is 0 Å². The first-order valence-corrected chi connectivity index (χ1v) is 9.85. The van der Waals surface area contributed by atoms with Crippen LogP contribution >= 0.6 is 0 Å². The van der Waals surface area contributed by atoms with Crippen LogP contribution in [0.15, 0.2) is 48.5 Å². The highest BCUT2D eigenvalue weighted by atomic mass is 16.6. The zero-order valence-electron chi connectivity index (χ0n) is 18.1. The number of Topliss-reactive ketones (excluding diaryl/α,β-unsaturated/α-hetero) is 1. The molecule has 2 N–H and O–H groups in total. The van der Waals surface area contributed by atoms with Crippen LogP contribution in [0.25, 0.3) is 0 Å². The van der Waals surface area contributed by atoms with Crippen molar-refractivity contribution in [1.82, 2.24) is 0 Å². The summed E-state index contributed by atoms with van der Waals surface area (Å²) in [5.74, 6) is -0.743. The zero-order chi connectivity index (χ0) is 22.5. The smallest absolute Gasteiger partial charge is 0.412 e. The van der Waals surface area contributed by atoms with Gasteiger partial charge in [0.2, 0.25) is 0 Å². The maximum atomic E-state index is 12.1. The number of carboxylic acids is 1. The number of nitrogens with one attached hydrogen (secondary N) is 1. The molecule has 0 fully saturated rings. The lowest BCUT2D eigenvalue weighted by molar-refractivity contribution is 0.0633. The number of aromatic carboxylic acids is 1. The van der Waals surface area contributed by atoms with Gasteiger partial charge < -0.3 is 9.84 Å². The van der Waals surface area contributed by atoms with E-state index in [-0.39, 0.29) is 11.2 Å². The molecule has 0 spiro atoms. The van der Waals surface area contributed by atoms with Crippen molar-refractivity contribution in [2.45, 2.75) is 58.5 Å². The van der Waals surface area contributed by atoms with E-state index in [4.69, 9.17) is 9.84 Å². The summed E-state index contributed by atoms with van der Waals surface area (Å²) in [5, 5.41) is 11.1. The molecule has 0 radical (unpaired) electrons. The van der Waals surface area contributed by atoms with Gasteiger partial charge >= 0.3 is 12.1 Å². The molecule has 160 valence electrons. The fraction of sp³-hybridized carbons (Fsp3) is 0.375.